The molecule has 0 saturated carbocycles. The Hall–Kier alpha value is -1.39. The van der Waals surface area contributed by atoms with E-state index in [1.54, 1.807) is 7.11 Å². The van der Waals surface area contributed by atoms with Gasteiger partial charge in [0.1, 0.15) is 5.75 Å². The van der Waals surface area contributed by atoms with E-state index in [-0.39, 0.29) is 11.8 Å². The molecular weight excluding hydrogens is 264 g/mol. The first kappa shape index (κ1) is 16.0. The summed E-state index contributed by atoms with van der Waals surface area (Å²) in [4.78, 5) is 17.3. The third-order valence-corrected chi connectivity index (χ3v) is 4.69. The lowest BCUT2D eigenvalue weighted by Gasteiger charge is -2.44. The van der Waals surface area contributed by atoms with E-state index >= 15 is 0 Å². The van der Waals surface area contributed by atoms with Crippen LogP contribution in [0, 0.1) is 0 Å². The SMILES string of the molecule is COc1ccc(C(=O)C(C)N2CC(C)N(C)C(C)C2)cc1. The molecule has 1 saturated heterocycles. The minimum absolute atomic E-state index is 0.0861. The van der Waals surface area contributed by atoms with Gasteiger partial charge in [-0.1, -0.05) is 0 Å². The maximum atomic E-state index is 12.6. The highest BCUT2D eigenvalue weighted by Crippen LogP contribution is 2.19. The number of ketones is 1. The summed E-state index contributed by atoms with van der Waals surface area (Å²) in [6.07, 6.45) is 0. The number of ether oxygens (including phenoxy) is 1. The normalized spacial score (nSPS) is 25.6. The van der Waals surface area contributed by atoms with Crippen LogP contribution in [0.4, 0.5) is 0 Å². The highest BCUT2D eigenvalue weighted by molar-refractivity contribution is 5.99. The second-order valence-electron chi connectivity index (χ2n) is 6.09. The highest BCUT2D eigenvalue weighted by atomic mass is 16.5. The quantitative estimate of drug-likeness (QED) is 0.797. The fraction of sp³-hybridized carbons (Fsp3) is 0.588. The second-order valence-corrected chi connectivity index (χ2v) is 6.09. The van der Waals surface area contributed by atoms with E-state index in [4.69, 9.17) is 4.74 Å². The Morgan fingerprint density at radius 1 is 1.19 bits per heavy atom. The van der Waals surface area contributed by atoms with Crippen LogP contribution in [0.25, 0.3) is 0 Å². The van der Waals surface area contributed by atoms with Crippen molar-refractivity contribution < 1.29 is 9.53 Å². The molecule has 0 spiro atoms. The van der Waals surface area contributed by atoms with E-state index in [0.717, 1.165) is 24.4 Å². The molecule has 4 nitrogen and oxygen atoms in total. The smallest absolute Gasteiger partial charge is 0.179 e. The number of hydrogen-bond acceptors (Lipinski definition) is 4. The zero-order valence-corrected chi connectivity index (χ0v) is 13.7. The van der Waals surface area contributed by atoms with Crippen molar-refractivity contribution in [3.63, 3.8) is 0 Å². The van der Waals surface area contributed by atoms with E-state index < -0.39 is 0 Å². The predicted molar refractivity (Wildman–Crippen MR) is 85.0 cm³/mol. The average Bonchev–Trinajstić information content (AvgIpc) is 2.50. The van der Waals surface area contributed by atoms with Gasteiger partial charge in [0.25, 0.3) is 0 Å². The molecular formula is C17H26N2O2. The van der Waals surface area contributed by atoms with Crippen LogP contribution in [-0.4, -0.2) is 61.0 Å². The molecule has 0 N–H and O–H groups in total. The first-order chi connectivity index (χ1) is 9.93. The molecule has 1 aliphatic rings. The molecule has 0 amide bonds. The van der Waals surface area contributed by atoms with Crippen molar-refractivity contribution in [2.75, 3.05) is 27.2 Å². The molecule has 0 bridgehead atoms. The summed E-state index contributed by atoms with van der Waals surface area (Å²) in [5.41, 5.74) is 0.752. The van der Waals surface area contributed by atoms with Gasteiger partial charge in [-0.15, -0.1) is 0 Å². The standard InChI is InChI=1S/C17H26N2O2/c1-12-10-19(11-13(2)18(12)4)14(3)17(20)15-6-8-16(21-5)9-7-15/h6-9,12-14H,10-11H2,1-5H3. The van der Waals surface area contributed by atoms with Crippen molar-refractivity contribution in [3.8, 4) is 5.75 Å². The average molecular weight is 290 g/mol. The summed E-state index contributed by atoms with van der Waals surface area (Å²) in [6, 6.07) is 8.24. The van der Waals surface area contributed by atoms with Crippen LogP contribution in [0.5, 0.6) is 5.75 Å². The minimum Gasteiger partial charge on any atom is -0.497 e. The molecule has 116 valence electrons. The van der Waals surface area contributed by atoms with Crippen LogP contribution in [0.2, 0.25) is 0 Å². The van der Waals surface area contributed by atoms with Gasteiger partial charge < -0.3 is 4.74 Å². The van der Waals surface area contributed by atoms with Crippen LogP contribution in [0.15, 0.2) is 24.3 Å². The number of piperazine rings is 1. The van der Waals surface area contributed by atoms with Crippen molar-refractivity contribution in [1.29, 1.82) is 0 Å². The maximum Gasteiger partial charge on any atom is 0.179 e. The van der Waals surface area contributed by atoms with E-state index in [0.29, 0.717) is 12.1 Å². The van der Waals surface area contributed by atoms with Crippen molar-refractivity contribution in [3.05, 3.63) is 29.8 Å². The third-order valence-electron chi connectivity index (χ3n) is 4.69. The van der Waals surface area contributed by atoms with E-state index in [2.05, 4.69) is 30.7 Å². The van der Waals surface area contributed by atoms with E-state index in [9.17, 15) is 4.79 Å². The summed E-state index contributed by atoms with van der Waals surface area (Å²) in [5, 5.41) is 0. The highest BCUT2D eigenvalue weighted by Gasteiger charge is 2.31. The van der Waals surface area contributed by atoms with Crippen LogP contribution in [0.3, 0.4) is 0 Å². The predicted octanol–water partition coefficient (Wildman–Crippen LogP) is 2.29. The summed E-state index contributed by atoms with van der Waals surface area (Å²) in [6.45, 7) is 8.31. The van der Waals surface area contributed by atoms with Crippen molar-refractivity contribution in [2.45, 2.75) is 38.9 Å². The Bertz CT molecular complexity index is 474. The number of hydrogen-bond donors (Lipinski definition) is 0. The molecule has 3 atom stereocenters. The largest absolute Gasteiger partial charge is 0.497 e. The molecule has 1 aromatic carbocycles. The van der Waals surface area contributed by atoms with Gasteiger partial charge in [-0.2, -0.15) is 0 Å². The fourth-order valence-corrected chi connectivity index (χ4v) is 2.92. The fourth-order valence-electron chi connectivity index (χ4n) is 2.92. The van der Waals surface area contributed by atoms with Gasteiger partial charge in [-0.3, -0.25) is 14.6 Å². The lowest BCUT2D eigenvalue weighted by Crippen LogP contribution is -2.58. The first-order valence-electron chi connectivity index (χ1n) is 7.58. The lowest BCUT2D eigenvalue weighted by molar-refractivity contribution is 0.0355. The molecule has 0 radical (unpaired) electrons. The number of carbonyl (C=O) groups is 1. The van der Waals surface area contributed by atoms with Gasteiger partial charge in [0.2, 0.25) is 0 Å². The van der Waals surface area contributed by atoms with Gasteiger partial charge in [0.15, 0.2) is 5.78 Å². The maximum absolute atomic E-state index is 12.6. The molecule has 4 heteroatoms. The Kier molecular flexibility index (Phi) is 5.01. The van der Waals surface area contributed by atoms with Gasteiger partial charge in [-0.05, 0) is 52.1 Å². The summed E-state index contributed by atoms with van der Waals surface area (Å²) >= 11 is 0. The number of benzene rings is 1. The number of carbonyl (C=O) groups excluding carboxylic acids is 1. The number of methoxy groups -OCH3 is 1. The van der Waals surface area contributed by atoms with E-state index in [1.165, 1.54) is 0 Å². The molecule has 1 aromatic rings. The Morgan fingerprint density at radius 3 is 2.19 bits per heavy atom. The second kappa shape index (κ2) is 6.58. The van der Waals surface area contributed by atoms with Gasteiger partial charge in [0, 0.05) is 30.7 Å². The molecule has 1 fully saturated rings. The number of nitrogens with zero attached hydrogens (tertiary/aromatic N) is 2. The zero-order chi connectivity index (χ0) is 15.6. The third kappa shape index (κ3) is 3.44. The molecule has 1 heterocycles. The van der Waals surface area contributed by atoms with Gasteiger partial charge in [0.05, 0.1) is 13.2 Å². The van der Waals surface area contributed by atoms with Crippen LogP contribution < -0.4 is 4.74 Å². The lowest BCUT2D eigenvalue weighted by atomic mass is 10.0. The monoisotopic (exact) mass is 290 g/mol. The topological polar surface area (TPSA) is 32.8 Å². The van der Waals surface area contributed by atoms with E-state index in [1.807, 2.05) is 31.2 Å². The number of likely N-dealkylation sites (N-methyl/N-ethyl adjacent to an activating group) is 1. The summed E-state index contributed by atoms with van der Waals surface area (Å²) in [7, 11) is 3.79. The van der Waals surface area contributed by atoms with Crippen molar-refractivity contribution >= 4 is 5.78 Å². The van der Waals surface area contributed by atoms with Gasteiger partial charge in [-0.25, -0.2) is 0 Å². The Morgan fingerprint density at radius 2 is 1.71 bits per heavy atom. The molecule has 0 aromatic heterocycles. The number of rotatable bonds is 4. The van der Waals surface area contributed by atoms with Crippen molar-refractivity contribution in [1.82, 2.24) is 9.80 Å². The first-order valence-corrected chi connectivity index (χ1v) is 7.58. The Balaban J connectivity index is 2.08. The molecule has 1 aliphatic heterocycles. The molecule has 3 unspecified atom stereocenters. The molecule has 21 heavy (non-hydrogen) atoms. The Labute approximate surface area is 127 Å². The summed E-state index contributed by atoms with van der Waals surface area (Å²) < 4.78 is 5.14. The van der Waals surface area contributed by atoms with Crippen molar-refractivity contribution in [2.24, 2.45) is 0 Å². The van der Waals surface area contributed by atoms with Crippen LogP contribution in [-0.2, 0) is 0 Å². The molecule has 0 aliphatic carbocycles. The minimum atomic E-state index is -0.0861. The zero-order valence-electron chi connectivity index (χ0n) is 13.7. The van der Waals surface area contributed by atoms with Gasteiger partial charge >= 0.3 is 0 Å². The summed E-state index contributed by atoms with van der Waals surface area (Å²) in [5.74, 6) is 0.961. The van der Waals surface area contributed by atoms with Crippen LogP contribution >= 0.6 is 0 Å². The number of Topliss-reactive ketones (excluding diaryl/α,β-unsaturated/α-hetero) is 1. The molecule has 2 rings (SSSR count). The van der Waals surface area contributed by atoms with Crippen LogP contribution in [0.1, 0.15) is 31.1 Å².